The minimum Gasteiger partial charge on any atom is -0.359 e. The molecule has 0 amide bonds. The summed E-state index contributed by atoms with van der Waals surface area (Å²) in [5.74, 6) is 8.52. The number of hydrogen-bond acceptors (Lipinski definition) is 5. The number of nitrogens with one attached hydrogen (secondary N) is 1. The Labute approximate surface area is 103 Å². The van der Waals surface area contributed by atoms with E-state index < -0.39 is 0 Å². The molecule has 3 N–H and O–H groups in total. The Hall–Kier alpha value is -1.36. The second-order valence-corrected chi connectivity index (χ2v) is 4.82. The molecule has 5 heteroatoms. The van der Waals surface area contributed by atoms with Crippen LogP contribution in [0.25, 0.3) is 0 Å². The molecular weight excluding hydrogens is 214 g/mol. The van der Waals surface area contributed by atoms with Gasteiger partial charge in [-0.15, -0.1) is 0 Å². The van der Waals surface area contributed by atoms with Gasteiger partial charge in [-0.1, -0.05) is 13.8 Å². The van der Waals surface area contributed by atoms with E-state index in [2.05, 4.69) is 41.2 Å². The highest BCUT2D eigenvalue weighted by molar-refractivity contribution is 5.57. The van der Waals surface area contributed by atoms with Crippen molar-refractivity contribution in [1.29, 1.82) is 0 Å². The molecule has 17 heavy (non-hydrogen) atoms. The van der Waals surface area contributed by atoms with E-state index in [9.17, 15) is 0 Å². The molecule has 0 aliphatic heterocycles. The van der Waals surface area contributed by atoms with E-state index >= 15 is 0 Å². The summed E-state index contributed by atoms with van der Waals surface area (Å²) in [6.07, 6.45) is 1.14. The zero-order chi connectivity index (χ0) is 13.0. The lowest BCUT2D eigenvalue weighted by molar-refractivity contribution is 0.583. The Morgan fingerprint density at radius 1 is 1.29 bits per heavy atom. The van der Waals surface area contributed by atoms with Crippen LogP contribution < -0.4 is 16.2 Å². The van der Waals surface area contributed by atoms with Crippen LogP contribution in [0.15, 0.2) is 0 Å². The van der Waals surface area contributed by atoms with Crippen molar-refractivity contribution in [3.8, 4) is 0 Å². The summed E-state index contributed by atoms with van der Waals surface area (Å²) in [6.45, 7) is 9.28. The Bertz CT molecular complexity index is 375. The molecule has 0 aromatic carbocycles. The zero-order valence-corrected chi connectivity index (χ0v) is 11.4. The third-order valence-corrected chi connectivity index (χ3v) is 2.77. The van der Waals surface area contributed by atoms with E-state index in [4.69, 9.17) is 5.84 Å². The number of nitrogens with zero attached hydrogens (tertiary/aromatic N) is 3. The first-order chi connectivity index (χ1) is 7.95. The first kappa shape index (κ1) is 13.7. The maximum absolute atomic E-state index is 5.45. The van der Waals surface area contributed by atoms with Crippen molar-refractivity contribution in [3.05, 3.63) is 11.4 Å². The summed E-state index contributed by atoms with van der Waals surface area (Å²) in [5.41, 5.74) is 3.61. The number of aromatic nitrogens is 2. The Morgan fingerprint density at radius 2 is 1.94 bits per heavy atom. The van der Waals surface area contributed by atoms with Crippen LogP contribution in [0.3, 0.4) is 0 Å². The molecule has 0 spiro atoms. The molecule has 0 saturated carbocycles. The molecule has 96 valence electrons. The van der Waals surface area contributed by atoms with Crippen molar-refractivity contribution in [3.63, 3.8) is 0 Å². The lowest BCUT2D eigenvalue weighted by Crippen LogP contribution is -2.24. The van der Waals surface area contributed by atoms with Gasteiger partial charge >= 0.3 is 0 Å². The van der Waals surface area contributed by atoms with Crippen LogP contribution in [0.4, 0.5) is 11.6 Å². The van der Waals surface area contributed by atoms with Gasteiger partial charge in [0, 0.05) is 19.2 Å². The minimum absolute atomic E-state index is 0.688. The molecule has 1 heterocycles. The van der Waals surface area contributed by atoms with Gasteiger partial charge in [0.25, 0.3) is 0 Å². The smallest absolute Gasteiger partial charge is 0.148 e. The van der Waals surface area contributed by atoms with Crippen molar-refractivity contribution in [2.45, 2.75) is 34.1 Å². The van der Waals surface area contributed by atoms with Crippen molar-refractivity contribution < 1.29 is 0 Å². The van der Waals surface area contributed by atoms with E-state index in [1.165, 1.54) is 0 Å². The second kappa shape index (κ2) is 5.82. The number of anilines is 2. The number of hydrazine groups is 1. The molecule has 1 aromatic rings. The lowest BCUT2D eigenvalue weighted by Gasteiger charge is -2.22. The summed E-state index contributed by atoms with van der Waals surface area (Å²) < 4.78 is 0. The fraction of sp³-hybridized carbons (Fsp3) is 0.667. The Balaban J connectivity index is 2.92. The van der Waals surface area contributed by atoms with Crippen LogP contribution in [0.5, 0.6) is 0 Å². The third-order valence-electron chi connectivity index (χ3n) is 2.77. The van der Waals surface area contributed by atoms with Gasteiger partial charge in [-0.3, -0.25) is 0 Å². The molecule has 1 aromatic heterocycles. The van der Waals surface area contributed by atoms with Gasteiger partial charge in [-0.25, -0.2) is 15.8 Å². The molecule has 5 nitrogen and oxygen atoms in total. The van der Waals surface area contributed by atoms with Crippen LogP contribution in [0.1, 0.15) is 31.7 Å². The fourth-order valence-electron chi connectivity index (χ4n) is 1.68. The van der Waals surface area contributed by atoms with E-state index in [1.807, 2.05) is 13.8 Å². The standard InChI is InChI=1S/C12H23N5/c1-8(2)6-7-17(5)12-9(3)11(16-13)14-10(4)15-12/h8H,6-7,13H2,1-5H3,(H,14,15,16). The third kappa shape index (κ3) is 3.56. The van der Waals surface area contributed by atoms with E-state index in [-0.39, 0.29) is 0 Å². The number of nitrogens with two attached hydrogens (primary N) is 1. The molecule has 0 saturated heterocycles. The maximum Gasteiger partial charge on any atom is 0.148 e. The van der Waals surface area contributed by atoms with E-state index in [1.54, 1.807) is 0 Å². The van der Waals surface area contributed by atoms with Crippen molar-refractivity contribution in [2.75, 3.05) is 23.9 Å². The molecule has 0 atom stereocenters. The highest BCUT2D eigenvalue weighted by Gasteiger charge is 2.12. The summed E-state index contributed by atoms with van der Waals surface area (Å²) >= 11 is 0. The maximum atomic E-state index is 5.45. The SMILES string of the molecule is Cc1nc(NN)c(C)c(N(C)CCC(C)C)n1. The van der Waals surface area contributed by atoms with Crippen LogP contribution in [0, 0.1) is 19.8 Å². The number of aryl methyl sites for hydroxylation is 1. The molecule has 0 aliphatic carbocycles. The quantitative estimate of drug-likeness (QED) is 0.604. The topological polar surface area (TPSA) is 67.1 Å². The van der Waals surface area contributed by atoms with Gasteiger partial charge in [0.2, 0.25) is 0 Å². The van der Waals surface area contributed by atoms with Gasteiger partial charge in [0.05, 0.1) is 0 Å². The van der Waals surface area contributed by atoms with Gasteiger partial charge in [-0.05, 0) is 26.2 Å². The second-order valence-electron chi connectivity index (χ2n) is 4.82. The first-order valence-electron chi connectivity index (χ1n) is 5.98. The van der Waals surface area contributed by atoms with E-state index in [0.717, 1.165) is 30.2 Å². The van der Waals surface area contributed by atoms with Crippen molar-refractivity contribution in [1.82, 2.24) is 9.97 Å². The minimum atomic E-state index is 0.688. The molecule has 1 rings (SSSR count). The molecule has 0 fully saturated rings. The van der Waals surface area contributed by atoms with Crippen LogP contribution in [0.2, 0.25) is 0 Å². The highest BCUT2D eigenvalue weighted by Crippen LogP contribution is 2.22. The number of rotatable bonds is 5. The summed E-state index contributed by atoms with van der Waals surface area (Å²) in [5, 5.41) is 0. The predicted octanol–water partition coefficient (Wildman–Crippen LogP) is 1.86. The fourth-order valence-corrected chi connectivity index (χ4v) is 1.68. The molecule has 0 aliphatic rings. The van der Waals surface area contributed by atoms with Gasteiger partial charge in [0.1, 0.15) is 17.5 Å². The summed E-state index contributed by atoms with van der Waals surface area (Å²) in [4.78, 5) is 10.9. The average Bonchev–Trinajstić information content (AvgIpc) is 2.28. The van der Waals surface area contributed by atoms with Gasteiger partial charge in [0.15, 0.2) is 0 Å². The Morgan fingerprint density at radius 3 is 2.47 bits per heavy atom. The first-order valence-corrected chi connectivity index (χ1v) is 5.98. The summed E-state index contributed by atoms with van der Waals surface area (Å²) in [6, 6.07) is 0. The van der Waals surface area contributed by atoms with Crippen LogP contribution >= 0.6 is 0 Å². The van der Waals surface area contributed by atoms with Gasteiger partial charge < -0.3 is 10.3 Å². The zero-order valence-electron chi connectivity index (χ0n) is 11.4. The Kier molecular flexibility index (Phi) is 4.69. The van der Waals surface area contributed by atoms with Gasteiger partial charge in [-0.2, -0.15) is 0 Å². The van der Waals surface area contributed by atoms with Crippen LogP contribution in [-0.4, -0.2) is 23.6 Å². The highest BCUT2D eigenvalue weighted by atomic mass is 15.3. The molecule has 0 unspecified atom stereocenters. The van der Waals surface area contributed by atoms with Crippen molar-refractivity contribution >= 4 is 11.6 Å². The molecule has 0 radical (unpaired) electrons. The van der Waals surface area contributed by atoms with E-state index in [0.29, 0.717) is 11.7 Å². The van der Waals surface area contributed by atoms with Crippen molar-refractivity contribution in [2.24, 2.45) is 11.8 Å². The monoisotopic (exact) mass is 237 g/mol. The van der Waals surface area contributed by atoms with Crippen LogP contribution in [-0.2, 0) is 0 Å². The largest absolute Gasteiger partial charge is 0.359 e. The lowest BCUT2D eigenvalue weighted by atomic mass is 10.1. The number of nitrogen functional groups attached to an aromatic ring is 1. The molecular formula is C12H23N5. The molecule has 0 bridgehead atoms. The number of hydrogen-bond donors (Lipinski definition) is 2. The summed E-state index contributed by atoms with van der Waals surface area (Å²) in [7, 11) is 2.05. The average molecular weight is 237 g/mol. The normalized spacial score (nSPS) is 10.8. The predicted molar refractivity (Wildman–Crippen MR) is 72.0 cm³/mol.